The fourth-order valence-electron chi connectivity index (χ4n) is 2.62. The van der Waals surface area contributed by atoms with Crippen molar-refractivity contribution in [3.8, 4) is 0 Å². The highest BCUT2D eigenvalue weighted by molar-refractivity contribution is 5.99. The molecule has 0 spiro atoms. The number of carbonyl (C=O) groups is 3. The largest absolute Gasteiger partial charge is 0.452 e. The highest BCUT2D eigenvalue weighted by Gasteiger charge is 2.24. The summed E-state index contributed by atoms with van der Waals surface area (Å²) in [7, 11) is 0. The Morgan fingerprint density at radius 2 is 1.90 bits per heavy atom. The van der Waals surface area contributed by atoms with Gasteiger partial charge in [0.1, 0.15) is 0 Å². The fourth-order valence-corrected chi connectivity index (χ4v) is 2.62. The lowest BCUT2D eigenvalue weighted by Crippen LogP contribution is -2.49. The van der Waals surface area contributed by atoms with Crippen LogP contribution in [0.3, 0.4) is 0 Å². The molecule has 1 fully saturated rings. The normalized spacial score (nSPS) is 14.1. The van der Waals surface area contributed by atoms with Crippen LogP contribution < -0.4 is 15.5 Å². The minimum Gasteiger partial charge on any atom is -0.452 e. The predicted molar refractivity (Wildman–Crippen MR) is 103 cm³/mol. The van der Waals surface area contributed by atoms with Crippen molar-refractivity contribution in [2.45, 2.75) is 26.3 Å². The number of hydrogen-bond acceptors (Lipinski definition) is 8. The molecule has 0 atom stereocenters. The van der Waals surface area contributed by atoms with Crippen LogP contribution in [0.25, 0.3) is 0 Å². The van der Waals surface area contributed by atoms with E-state index in [-0.39, 0.29) is 11.3 Å². The van der Waals surface area contributed by atoms with Crippen molar-refractivity contribution in [1.29, 1.82) is 0 Å². The summed E-state index contributed by atoms with van der Waals surface area (Å²) in [6, 6.07) is 3.15. The van der Waals surface area contributed by atoms with Gasteiger partial charge < -0.3 is 19.7 Å². The van der Waals surface area contributed by atoms with Gasteiger partial charge in [-0.25, -0.2) is 9.59 Å². The van der Waals surface area contributed by atoms with Crippen molar-refractivity contribution in [2.24, 2.45) is 0 Å². The molecule has 158 valence electrons. The number of nitrogens with one attached hydrogen (secondary N) is 2. The summed E-state index contributed by atoms with van der Waals surface area (Å²) in [5.74, 6) is -1.72. The van der Waals surface area contributed by atoms with E-state index in [1.807, 2.05) is 10.2 Å². The van der Waals surface area contributed by atoms with Gasteiger partial charge in [0.25, 0.3) is 11.6 Å². The van der Waals surface area contributed by atoms with Crippen LogP contribution in [0, 0.1) is 10.1 Å². The van der Waals surface area contributed by atoms with Crippen molar-refractivity contribution in [3.63, 3.8) is 0 Å². The molecule has 1 aromatic rings. The number of morpholine rings is 1. The Bertz CT molecular complexity index is 798. The van der Waals surface area contributed by atoms with E-state index in [4.69, 9.17) is 9.47 Å². The molecule has 1 aliphatic rings. The van der Waals surface area contributed by atoms with Crippen molar-refractivity contribution in [2.75, 3.05) is 37.8 Å². The highest BCUT2D eigenvalue weighted by Crippen LogP contribution is 2.27. The van der Waals surface area contributed by atoms with Crippen LogP contribution in [-0.2, 0) is 14.3 Å². The topological polar surface area (TPSA) is 140 Å². The van der Waals surface area contributed by atoms with Crippen LogP contribution in [0.2, 0.25) is 0 Å². The van der Waals surface area contributed by atoms with Crippen molar-refractivity contribution in [1.82, 2.24) is 10.6 Å². The maximum atomic E-state index is 12.5. The number of amides is 3. The summed E-state index contributed by atoms with van der Waals surface area (Å²) >= 11 is 0. The Morgan fingerprint density at radius 3 is 2.48 bits per heavy atom. The molecular formula is C18H24N4O7. The quantitative estimate of drug-likeness (QED) is 0.421. The van der Waals surface area contributed by atoms with E-state index in [9.17, 15) is 24.5 Å². The number of rotatable bonds is 5. The summed E-state index contributed by atoms with van der Waals surface area (Å²) in [5.41, 5.74) is -0.400. The highest BCUT2D eigenvalue weighted by atomic mass is 16.6. The number of anilines is 1. The van der Waals surface area contributed by atoms with Gasteiger partial charge in [-0.15, -0.1) is 0 Å². The Kier molecular flexibility index (Phi) is 7.10. The second-order valence-corrected chi connectivity index (χ2v) is 7.39. The van der Waals surface area contributed by atoms with Crippen LogP contribution in [0.1, 0.15) is 31.1 Å². The van der Waals surface area contributed by atoms with Gasteiger partial charge in [-0.3, -0.25) is 20.2 Å². The molecular weight excluding hydrogens is 384 g/mol. The number of urea groups is 1. The summed E-state index contributed by atoms with van der Waals surface area (Å²) in [4.78, 5) is 48.4. The summed E-state index contributed by atoms with van der Waals surface area (Å²) in [6.45, 7) is 6.44. The van der Waals surface area contributed by atoms with Crippen LogP contribution in [-0.4, -0.2) is 61.3 Å². The second kappa shape index (κ2) is 9.32. The predicted octanol–water partition coefficient (Wildman–Crippen LogP) is 1.21. The zero-order valence-electron chi connectivity index (χ0n) is 16.5. The monoisotopic (exact) mass is 408 g/mol. The minimum atomic E-state index is -0.901. The van der Waals surface area contributed by atoms with Crippen molar-refractivity contribution >= 4 is 29.3 Å². The molecule has 2 N–H and O–H groups in total. The zero-order chi connectivity index (χ0) is 21.6. The first-order chi connectivity index (χ1) is 13.6. The third kappa shape index (κ3) is 6.71. The molecule has 0 aromatic heterocycles. The molecule has 11 nitrogen and oxygen atoms in total. The SMILES string of the molecule is CC(C)(C)NC(=O)NC(=O)COC(=O)c1cc([N+](=O)[O-])ccc1N1CCOCC1. The third-order valence-corrected chi connectivity index (χ3v) is 3.84. The van der Waals surface area contributed by atoms with E-state index < -0.39 is 35.0 Å². The molecule has 0 unspecified atom stereocenters. The molecule has 11 heteroatoms. The first-order valence-corrected chi connectivity index (χ1v) is 8.97. The van der Waals surface area contributed by atoms with Gasteiger partial charge in [0.05, 0.1) is 29.4 Å². The smallest absolute Gasteiger partial charge is 0.341 e. The lowest BCUT2D eigenvalue weighted by atomic mass is 10.1. The van der Waals surface area contributed by atoms with Crippen LogP contribution in [0.15, 0.2) is 18.2 Å². The number of nitrogens with zero attached hydrogens (tertiary/aromatic N) is 2. The van der Waals surface area contributed by atoms with Gasteiger partial charge >= 0.3 is 12.0 Å². The number of esters is 1. The maximum Gasteiger partial charge on any atom is 0.341 e. The second-order valence-electron chi connectivity index (χ2n) is 7.39. The third-order valence-electron chi connectivity index (χ3n) is 3.84. The molecule has 3 amide bonds. The fraction of sp³-hybridized carbons (Fsp3) is 0.500. The molecule has 1 saturated heterocycles. The molecule has 0 aliphatic carbocycles. The van der Waals surface area contributed by atoms with E-state index in [1.165, 1.54) is 12.1 Å². The van der Waals surface area contributed by atoms with Gasteiger partial charge in [0.15, 0.2) is 6.61 Å². The Balaban J connectivity index is 2.08. The van der Waals surface area contributed by atoms with E-state index in [1.54, 1.807) is 20.8 Å². The maximum absolute atomic E-state index is 12.5. The first-order valence-electron chi connectivity index (χ1n) is 8.97. The van der Waals surface area contributed by atoms with E-state index in [0.29, 0.717) is 32.0 Å². The first kappa shape index (κ1) is 22.1. The molecule has 1 aromatic carbocycles. The Hall–Kier alpha value is -3.21. The minimum absolute atomic E-state index is 0.0342. The number of nitro groups is 1. The molecule has 29 heavy (non-hydrogen) atoms. The summed E-state index contributed by atoms with van der Waals surface area (Å²) < 4.78 is 10.3. The Morgan fingerprint density at radius 1 is 1.24 bits per heavy atom. The lowest BCUT2D eigenvalue weighted by molar-refractivity contribution is -0.384. The van der Waals surface area contributed by atoms with E-state index >= 15 is 0 Å². The molecule has 1 heterocycles. The zero-order valence-corrected chi connectivity index (χ0v) is 16.5. The average molecular weight is 408 g/mol. The van der Waals surface area contributed by atoms with Gasteiger partial charge in [-0.2, -0.15) is 0 Å². The number of imide groups is 1. The standard InChI is InChI=1S/C18H24N4O7/c1-18(2,3)20-17(25)19-15(23)11-29-16(24)13-10-12(22(26)27)4-5-14(13)21-6-8-28-9-7-21/h4-5,10H,6-9,11H2,1-3H3,(H2,19,20,23,25). The van der Waals surface area contributed by atoms with Gasteiger partial charge in [-0.1, -0.05) is 0 Å². The number of hydrogen-bond donors (Lipinski definition) is 2. The van der Waals surface area contributed by atoms with Gasteiger partial charge in [-0.05, 0) is 26.8 Å². The lowest BCUT2D eigenvalue weighted by Gasteiger charge is -2.30. The molecule has 0 radical (unpaired) electrons. The van der Waals surface area contributed by atoms with Crippen LogP contribution >= 0.6 is 0 Å². The van der Waals surface area contributed by atoms with Crippen molar-refractivity contribution < 1.29 is 28.8 Å². The summed E-state index contributed by atoms with van der Waals surface area (Å²) in [5, 5.41) is 15.7. The summed E-state index contributed by atoms with van der Waals surface area (Å²) in [6.07, 6.45) is 0. The van der Waals surface area contributed by atoms with E-state index in [2.05, 4.69) is 5.32 Å². The number of benzene rings is 1. The van der Waals surface area contributed by atoms with E-state index in [0.717, 1.165) is 6.07 Å². The number of nitro benzene ring substituents is 1. The van der Waals surface area contributed by atoms with Gasteiger partial charge in [0.2, 0.25) is 0 Å². The average Bonchev–Trinajstić information content (AvgIpc) is 2.64. The molecule has 1 aliphatic heterocycles. The molecule has 0 saturated carbocycles. The molecule has 2 rings (SSSR count). The number of ether oxygens (including phenoxy) is 2. The van der Waals surface area contributed by atoms with Gasteiger partial charge in [0, 0.05) is 30.8 Å². The number of carbonyl (C=O) groups excluding carboxylic acids is 3. The molecule has 0 bridgehead atoms. The van der Waals surface area contributed by atoms with Crippen LogP contribution in [0.4, 0.5) is 16.2 Å². The van der Waals surface area contributed by atoms with Crippen molar-refractivity contribution in [3.05, 3.63) is 33.9 Å². The Labute approximate surface area is 167 Å². The van der Waals surface area contributed by atoms with Crippen LogP contribution in [0.5, 0.6) is 0 Å². The number of non-ortho nitro benzene ring substituents is 1.